The van der Waals surface area contributed by atoms with Crippen LogP contribution in [-0.4, -0.2) is 70.8 Å². The van der Waals surface area contributed by atoms with Crippen LogP contribution in [0.5, 0.6) is 0 Å². The topological polar surface area (TPSA) is 155 Å². The van der Waals surface area contributed by atoms with Crippen molar-refractivity contribution in [1.82, 2.24) is 26.3 Å². The SMILES string of the molecule is CCC[C@H](NC(=O)[C@@H]1C[C@]2(C=C(c3cccc(Cl)c3)NO2)CN1C(=O)[C@@H](NC(=O)OCc1c(F)cccc1F)C(C)(C)C)C(=O)C(=O)NC1CC1. The number of benzene rings is 2. The first kappa shape index (κ1) is 37.7. The van der Waals surface area contributed by atoms with Gasteiger partial charge in [0.15, 0.2) is 0 Å². The molecule has 3 aliphatic rings. The minimum absolute atomic E-state index is 0.0448. The number of ether oxygens (including phenoxy) is 1. The van der Waals surface area contributed by atoms with Crippen LogP contribution in [0.1, 0.15) is 70.9 Å². The van der Waals surface area contributed by atoms with E-state index >= 15 is 0 Å². The Morgan fingerprint density at radius 2 is 1.76 bits per heavy atom. The number of likely N-dealkylation sites (tertiary alicyclic amines) is 1. The number of hydroxylamine groups is 1. The number of halogens is 3. The predicted octanol–water partition coefficient (Wildman–Crippen LogP) is 4.31. The lowest BCUT2D eigenvalue weighted by atomic mass is 9.85. The van der Waals surface area contributed by atoms with Crippen molar-refractivity contribution in [3.8, 4) is 0 Å². The molecule has 12 nitrogen and oxygen atoms in total. The Morgan fingerprint density at radius 1 is 1.08 bits per heavy atom. The van der Waals surface area contributed by atoms with E-state index in [2.05, 4.69) is 21.4 Å². The van der Waals surface area contributed by atoms with Crippen LogP contribution in [0.3, 0.4) is 0 Å². The summed E-state index contributed by atoms with van der Waals surface area (Å²) in [5.74, 6) is -4.73. The smallest absolute Gasteiger partial charge is 0.408 e. The van der Waals surface area contributed by atoms with E-state index in [0.717, 1.165) is 25.0 Å². The van der Waals surface area contributed by atoms with Gasteiger partial charge in [-0.25, -0.2) is 13.6 Å². The van der Waals surface area contributed by atoms with E-state index in [9.17, 15) is 32.8 Å². The Balaban J connectivity index is 1.41. The molecule has 2 fully saturated rings. The zero-order valence-electron chi connectivity index (χ0n) is 28.8. The Bertz CT molecular complexity index is 1710. The molecule has 1 saturated heterocycles. The number of carbonyl (C=O) groups is 5. The van der Waals surface area contributed by atoms with Crippen molar-refractivity contribution in [1.29, 1.82) is 0 Å². The van der Waals surface area contributed by atoms with Crippen molar-refractivity contribution < 1.29 is 42.3 Å². The molecule has 0 bridgehead atoms. The number of nitrogens with zero attached hydrogens (tertiary/aromatic N) is 1. The second-order valence-electron chi connectivity index (χ2n) is 14.2. The normalized spacial score (nSPS) is 21.0. The van der Waals surface area contributed by atoms with Crippen LogP contribution in [0.2, 0.25) is 5.02 Å². The molecule has 2 aromatic carbocycles. The maximum atomic E-state index is 14.5. The maximum Gasteiger partial charge on any atom is 0.408 e. The van der Waals surface area contributed by atoms with Gasteiger partial charge in [0.2, 0.25) is 17.6 Å². The highest BCUT2D eigenvalue weighted by Gasteiger charge is 2.54. The summed E-state index contributed by atoms with van der Waals surface area (Å²) in [6.07, 6.45) is 2.82. The Hall–Kier alpha value is -4.56. The van der Waals surface area contributed by atoms with E-state index in [0.29, 0.717) is 22.7 Å². The highest BCUT2D eigenvalue weighted by Crippen LogP contribution is 2.39. The molecule has 2 heterocycles. The average molecular weight is 730 g/mol. The molecule has 1 saturated carbocycles. The van der Waals surface area contributed by atoms with Crippen LogP contribution in [0.15, 0.2) is 48.5 Å². The van der Waals surface area contributed by atoms with E-state index in [1.54, 1.807) is 51.1 Å². The summed E-state index contributed by atoms with van der Waals surface area (Å²) < 4.78 is 33.5. The summed E-state index contributed by atoms with van der Waals surface area (Å²) in [7, 11) is 0. The van der Waals surface area contributed by atoms with Crippen LogP contribution in [-0.2, 0) is 35.4 Å². The number of carbonyl (C=O) groups excluding carboxylic acids is 5. The molecular weight excluding hydrogens is 688 g/mol. The van der Waals surface area contributed by atoms with Gasteiger partial charge in [0, 0.05) is 23.0 Å². The molecule has 4 N–H and O–H groups in total. The Kier molecular flexibility index (Phi) is 11.3. The van der Waals surface area contributed by atoms with Gasteiger partial charge < -0.3 is 25.6 Å². The van der Waals surface area contributed by atoms with Crippen LogP contribution >= 0.6 is 11.6 Å². The summed E-state index contributed by atoms with van der Waals surface area (Å²) in [5, 5.41) is 8.36. The van der Waals surface area contributed by atoms with Crippen molar-refractivity contribution in [3.63, 3.8) is 0 Å². The largest absolute Gasteiger partial charge is 0.444 e. The van der Waals surface area contributed by atoms with Crippen molar-refractivity contribution in [2.24, 2.45) is 5.41 Å². The maximum absolute atomic E-state index is 14.5. The molecule has 51 heavy (non-hydrogen) atoms. The Morgan fingerprint density at radius 3 is 2.39 bits per heavy atom. The summed E-state index contributed by atoms with van der Waals surface area (Å²) in [4.78, 5) is 74.6. The third-order valence-corrected chi connectivity index (χ3v) is 9.21. The molecule has 0 radical (unpaired) electrons. The van der Waals surface area contributed by atoms with E-state index in [-0.39, 0.29) is 25.4 Å². The molecule has 5 rings (SSSR count). The van der Waals surface area contributed by atoms with E-state index in [1.165, 1.54) is 11.0 Å². The molecule has 0 aromatic heterocycles. The number of hydrogen-bond donors (Lipinski definition) is 4. The second-order valence-corrected chi connectivity index (χ2v) is 14.6. The number of hydrogen-bond acceptors (Lipinski definition) is 8. The molecule has 2 aromatic rings. The lowest BCUT2D eigenvalue weighted by Crippen LogP contribution is -2.59. The fraction of sp³-hybridized carbons (Fsp3) is 0.472. The molecule has 1 spiro atoms. The minimum Gasteiger partial charge on any atom is -0.444 e. The van der Waals surface area contributed by atoms with Gasteiger partial charge in [-0.05, 0) is 55.0 Å². The van der Waals surface area contributed by atoms with Crippen LogP contribution in [0.25, 0.3) is 5.70 Å². The monoisotopic (exact) mass is 729 g/mol. The fourth-order valence-corrected chi connectivity index (χ4v) is 6.26. The van der Waals surface area contributed by atoms with Gasteiger partial charge in [-0.2, -0.15) is 0 Å². The highest BCUT2D eigenvalue weighted by atomic mass is 35.5. The van der Waals surface area contributed by atoms with Crippen LogP contribution < -0.4 is 21.4 Å². The van der Waals surface area contributed by atoms with E-state index < -0.39 is 82.5 Å². The number of rotatable bonds is 12. The number of Topliss-reactive ketones (excluding diaryl/α,β-unsaturated/α-hetero) is 1. The van der Waals surface area contributed by atoms with Gasteiger partial charge >= 0.3 is 6.09 Å². The van der Waals surface area contributed by atoms with E-state index in [4.69, 9.17) is 21.2 Å². The van der Waals surface area contributed by atoms with Crippen molar-refractivity contribution in [2.45, 2.75) is 96.2 Å². The first-order valence-electron chi connectivity index (χ1n) is 16.9. The average Bonchev–Trinajstić information content (AvgIpc) is 3.66. The van der Waals surface area contributed by atoms with Gasteiger partial charge in [-0.1, -0.05) is 63.9 Å². The van der Waals surface area contributed by atoms with Gasteiger partial charge in [0.25, 0.3) is 5.91 Å². The van der Waals surface area contributed by atoms with Crippen LogP contribution in [0.4, 0.5) is 13.6 Å². The number of amides is 4. The summed E-state index contributed by atoms with van der Waals surface area (Å²) in [6, 6.07) is 6.54. The lowest BCUT2D eigenvalue weighted by molar-refractivity contribution is -0.144. The number of nitrogens with one attached hydrogen (secondary N) is 4. The Labute approximate surface area is 299 Å². The second kappa shape index (κ2) is 15.4. The number of ketones is 1. The molecule has 0 unspecified atom stereocenters. The van der Waals surface area contributed by atoms with Crippen molar-refractivity contribution in [2.75, 3.05) is 6.54 Å². The van der Waals surface area contributed by atoms with E-state index in [1.807, 2.05) is 6.92 Å². The predicted molar refractivity (Wildman–Crippen MR) is 182 cm³/mol. The lowest BCUT2D eigenvalue weighted by Gasteiger charge is -2.35. The van der Waals surface area contributed by atoms with Crippen molar-refractivity contribution in [3.05, 3.63) is 76.3 Å². The van der Waals surface area contributed by atoms with Crippen molar-refractivity contribution >= 4 is 46.9 Å². The third kappa shape index (κ3) is 9.03. The summed E-state index contributed by atoms with van der Waals surface area (Å²) in [6.45, 7) is 6.00. The molecule has 1 aliphatic carbocycles. The van der Waals surface area contributed by atoms with Gasteiger partial charge in [-0.15, -0.1) is 0 Å². The summed E-state index contributed by atoms with van der Waals surface area (Å²) in [5.41, 5.74) is 1.51. The molecule has 15 heteroatoms. The van der Waals surface area contributed by atoms with Gasteiger partial charge in [0.1, 0.15) is 35.9 Å². The molecule has 4 amide bonds. The highest BCUT2D eigenvalue weighted by molar-refractivity contribution is 6.38. The van der Waals surface area contributed by atoms with Gasteiger partial charge in [-0.3, -0.25) is 29.5 Å². The molecule has 274 valence electrons. The van der Waals surface area contributed by atoms with Crippen LogP contribution in [0, 0.1) is 17.0 Å². The molecule has 4 atom stereocenters. The van der Waals surface area contributed by atoms with Gasteiger partial charge in [0.05, 0.1) is 23.8 Å². The molecule has 2 aliphatic heterocycles. The minimum atomic E-state index is -1.29. The summed E-state index contributed by atoms with van der Waals surface area (Å²) >= 11 is 6.21. The first-order chi connectivity index (χ1) is 24.1. The molecular formula is C36H42ClF2N5O7. The zero-order valence-corrected chi connectivity index (χ0v) is 29.6. The first-order valence-corrected chi connectivity index (χ1v) is 17.2. The number of alkyl carbamates (subject to hydrolysis) is 1. The standard InChI is InChI=1S/C36H42ClF2N5O7/c1-5-8-26(29(45)32(47)40-22-13-14-22)41-31(46)28-17-36(16-27(43-51-36)20-9-6-10-21(37)15-20)19-44(28)33(48)30(35(2,3)4)42-34(49)50-18-23-24(38)11-7-12-25(23)39/h6-7,9-12,15-16,22,26,28,30,43H,5,8,13-14,17-19H2,1-4H3,(H,40,47)(H,41,46)(H,42,49)/t26-,28-,30+,36+/m0/s1. The fourth-order valence-electron chi connectivity index (χ4n) is 6.07. The quantitative estimate of drug-likeness (QED) is 0.236. The third-order valence-electron chi connectivity index (χ3n) is 8.98. The zero-order chi connectivity index (χ0) is 37.1.